The zero-order valence-electron chi connectivity index (χ0n) is 10.00. The molecule has 1 amide bonds. The maximum absolute atomic E-state index is 11.7. The number of aliphatic hydroxyl groups excluding tert-OH is 1. The number of β-lactam (4-membered cyclic amide) rings is 1. The van der Waals surface area contributed by atoms with Gasteiger partial charge in [0, 0.05) is 10.9 Å². The standard InChI is InChI=1S/C11H16N2O4S/c1-2-3-6(12)8-7(11(16)17)13-9(15)5(4-14)10(13)18-8/h5-6,10,14H,2-4,12H2,1H3,(H,16,17)/t5-,6-,10+/m0/s1. The average Bonchev–Trinajstić information content (AvgIpc) is 2.66. The summed E-state index contributed by atoms with van der Waals surface area (Å²) in [5.74, 6) is -1.96. The van der Waals surface area contributed by atoms with Crippen molar-refractivity contribution in [1.29, 1.82) is 0 Å². The third-order valence-corrected chi connectivity index (χ3v) is 4.74. The minimum absolute atomic E-state index is 0.000602. The molecule has 0 radical (unpaired) electrons. The second kappa shape index (κ2) is 4.91. The zero-order valence-corrected chi connectivity index (χ0v) is 10.8. The number of nitrogens with two attached hydrogens (primary N) is 1. The van der Waals surface area contributed by atoms with Gasteiger partial charge < -0.3 is 15.9 Å². The van der Waals surface area contributed by atoms with E-state index < -0.39 is 11.9 Å². The third kappa shape index (κ3) is 1.82. The molecule has 2 heterocycles. The highest BCUT2D eigenvalue weighted by molar-refractivity contribution is 8.04. The highest BCUT2D eigenvalue weighted by Gasteiger charge is 2.56. The van der Waals surface area contributed by atoms with Crippen molar-refractivity contribution < 1.29 is 19.8 Å². The Morgan fingerprint density at radius 2 is 2.28 bits per heavy atom. The molecular formula is C11H16N2O4S. The minimum atomic E-state index is -1.13. The summed E-state index contributed by atoms with van der Waals surface area (Å²) < 4.78 is 0. The number of aliphatic carboxylic acids is 1. The number of thioether (sulfide) groups is 1. The summed E-state index contributed by atoms with van der Waals surface area (Å²) in [6.07, 6.45) is 1.53. The maximum Gasteiger partial charge on any atom is 0.353 e. The second-order valence-electron chi connectivity index (χ2n) is 4.42. The van der Waals surface area contributed by atoms with E-state index in [-0.39, 0.29) is 29.6 Å². The number of carbonyl (C=O) groups is 2. The van der Waals surface area contributed by atoms with E-state index in [2.05, 4.69) is 0 Å². The highest BCUT2D eigenvalue weighted by atomic mass is 32.2. The predicted molar refractivity (Wildman–Crippen MR) is 66.3 cm³/mol. The molecule has 2 rings (SSSR count). The quantitative estimate of drug-likeness (QED) is 0.605. The minimum Gasteiger partial charge on any atom is -0.477 e. The first-order chi connectivity index (χ1) is 8.52. The molecule has 2 aliphatic heterocycles. The van der Waals surface area contributed by atoms with Gasteiger partial charge in [-0.25, -0.2) is 4.79 Å². The van der Waals surface area contributed by atoms with Crippen LogP contribution in [0.2, 0.25) is 0 Å². The normalized spacial score (nSPS) is 28.2. The van der Waals surface area contributed by atoms with Crippen LogP contribution in [0.5, 0.6) is 0 Å². The average molecular weight is 272 g/mol. The molecule has 1 fully saturated rings. The maximum atomic E-state index is 11.7. The van der Waals surface area contributed by atoms with Gasteiger partial charge in [-0.05, 0) is 6.42 Å². The SMILES string of the molecule is CCC[C@H](N)C1=C(C(=O)O)N2C(=O)[C@H](CO)[C@H]2S1. The van der Waals surface area contributed by atoms with Gasteiger partial charge in [0.2, 0.25) is 5.91 Å². The molecule has 0 aliphatic carbocycles. The Balaban J connectivity index is 2.28. The summed E-state index contributed by atoms with van der Waals surface area (Å²) in [6.45, 7) is 1.72. The van der Waals surface area contributed by atoms with Gasteiger partial charge in [0.15, 0.2) is 0 Å². The van der Waals surface area contributed by atoms with Crippen LogP contribution in [0.15, 0.2) is 10.6 Å². The van der Waals surface area contributed by atoms with Crippen LogP contribution in [-0.4, -0.2) is 45.0 Å². The van der Waals surface area contributed by atoms with Crippen molar-refractivity contribution in [2.75, 3.05) is 6.61 Å². The Morgan fingerprint density at radius 3 is 2.78 bits per heavy atom. The van der Waals surface area contributed by atoms with Gasteiger partial charge in [-0.15, -0.1) is 0 Å². The first kappa shape index (κ1) is 13.4. The summed E-state index contributed by atoms with van der Waals surface area (Å²) in [5, 5.41) is 18.0. The highest BCUT2D eigenvalue weighted by Crippen LogP contribution is 2.50. The fourth-order valence-corrected chi connectivity index (χ4v) is 3.81. The summed E-state index contributed by atoms with van der Waals surface area (Å²) in [5.41, 5.74) is 5.96. The van der Waals surface area contributed by atoms with Crippen molar-refractivity contribution in [1.82, 2.24) is 4.90 Å². The van der Waals surface area contributed by atoms with Gasteiger partial charge in [0.25, 0.3) is 0 Å². The molecule has 2 aliphatic rings. The zero-order chi connectivity index (χ0) is 13.4. The Labute approximate surface area is 109 Å². The smallest absolute Gasteiger partial charge is 0.353 e. The Kier molecular flexibility index (Phi) is 3.65. The van der Waals surface area contributed by atoms with Crippen molar-refractivity contribution in [3.63, 3.8) is 0 Å². The molecular weight excluding hydrogens is 256 g/mol. The molecule has 3 atom stereocenters. The molecule has 18 heavy (non-hydrogen) atoms. The molecule has 0 saturated carbocycles. The lowest BCUT2D eigenvalue weighted by molar-refractivity contribution is -0.153. The topological polar surface area (TPSA) is 104 Å². The fraction of sp³-hybridized carbons (Fsp3) is 0.636. The number of hydrogen-bond donors (Lipinski definition) is 3. The number of fused-ring (bicyclic) bond motifs is 1. The number of hydrogen-bond acceptors (Lipinski definition) is 5. The van der Waals surface area contributed by atoms with Crippen LogP contribution in [0.4, 0.5) is 0 Å². The van der Waals surface area contributed by atoms with Crippen LogP contribution in [0.3, 0.4) is 0 Å². The summed E-state index contributed by atoms with van der Waals surface area (Å²) in [4.78, 5) is 24.8. The lowest BCUT2D eigenvalue weighted by atomic mass is 9.98. The van der Waals surface area contributed by atoms with Crippen LogP contribution in [0.25, 0.3) is 0 Å². The molecule has 0 bridgehead atoms. The Hall–Kier alpha value is -1.05. The second-order valence-corrected chi connectivity index (χ2v) is 5.58. The lowest BCUT2D eigenvalue weighted by Gasteiger charge is -2.41. The number of carboxylic acids is 1. The largest absolute Gasteiger partial charge is 0.477 e. The van der Waals surface area contributed by atoms with Crippen LogP contribution in [-0.2, 0) is 9.59 Å². The van der Waals surface area contributed by atoms with Gasteiger partial charge in [-0.3, -0.25) is 9.69 Å². The van der Waals surface area contributed by atoms with Crippen molar-refractivity contribution >= 4 is 23.6 Å². The summed E-state index contributed by atoms with van der Waals surface area (Å²) >= 11 is 1.30. The molecule has 0 unspecified atom stereocenters. The van der Waals surface area contributed by atoms with E-state index in [0.29, 0.717) is 11.3 Å². The van der Waals surface area contributed by atoms with E-state index in [1.165, 1.54) is 16.7 Å². The Bertz CT molecular complexity index is 423. The molecule has 4 N–H and O–H groups in total. The molecule has 1 saturated heterocycles. The van der Waals surface area contributed by atoms with Crippen molar-refractivity contribution in [3.05, 3.63) is 10.6 Å². The number of nitrogens with zero attached hydrogens (tertiary/aromatic N) is 1. The van der Waals surface area contributed by atoms with E-state index in [1.807, 2.05) is 6.92 Å². The lowest BCUT2D eigenvalue weighted by Crippen LogP contribution is -2.58. The molecule has 0 aromatic heterocycles. The predicted octanol–water partition coefficient (Wildman–Crippen LogP) is -0.0664. The number of rotatable bonds is 5. The van der Waals surface area contributed by atoms with Crippen molar-refractivity contribution in [2.45, 2.75) is 31.2 Å². The van der Waals surface area contributed by atoms with Crippen LogP contribution < -0.4 is 5.73 Å². The van der Waals surface area contributed by atoms with E-state index in [0.717, 1.165) is 6.42 Å². The van der Waals surface area contributed by atoms with Gasteiger partial charge in [0.1, 0.15) is 11.1 Å². The molecule has 6 nitrogen and oxygen atoms in total. The van der Waals surface area contributed by atoms with E-state index in [1.54, 1.807) is 0 Å². The van der Waals surface area contributed by atoms with Gasteiger partial charge in [0.05, 0.1) is 12.5 Å². The van der Waals surface area contributed by atoms with Gasteiger partial charge in [-0.1, -0.05) is 25.1 Å². The van der Waals surface area contributed by atoms with Gasteiger partial charge in [-0.2, -0.15) is 0 Å². The molecule has 0 aromatic carbocycles. The number of carbonyl (C=O) groups excluding carboxylic acids is 1. The number of aliphatic hydroxyl groups is 1. The molecule has 100 valence electrons. The van der Waals surface area contributed by atoms with Crippen LogP contribution >= 0.6 is 11.8 Å². The van der Waals surface area contributed by atoms with E-state index in [4.69, 9.17) is 10.8 Å². The summed E-state index contributed by atoms with van der Waals surface area (Å²) in [7, 11) is 0. The Morgan fingerprint density at radius 1 is 1.61 bits per heavy atom. The van der Waals surface area contributed by atoms with E-state index in [9.17, 15) is 14.7 Å². The molecule has 0 aromatic rings. The van der Waals surface area contributed by atoms with Crippen molar-refractivity contribution in [3.8, 4) is 0 Å². The first-order valence-electron chi connectivity index (χ1n) is 5.86. The number of amides is 1. The van der Waals surface area contributed by atoms with Crippen molar-refractivity contribution in [2.24, 2.45) is 11.7 Å². The van der Waals surface area contributed by atoms with Crippen LogP contribution in [0, 0.1) is 5.92 Å². The summed E-state index contributed by atoms with van der Waals surface area (Å²) in [6, 6.07) is -0.358. The first-order valence-corrected chi connectivity index (χ1v) is 6.74. The third-order valence-electron chi connectivity index (χ3n) is 3.21. The number of carboxylic acid groups (broad SMARTS) is 1. The molecule has 0 spiro atoms. The monoisotopic (exact) mass is 272 g/mol. The molecule has 7 heteroatoms. The van der Waals surface area contributed by atoms with Crippen LogP contribution in [0.1, 0.15) is 19.8 Å². The fourth-order valence-electron chi connectivity index (χ4n) is 2.28. The van der Waals surface area contributed by atoms with E-state index >= 15 is 0 Å². The van der Waals surface area contributed by atoms with Gasteiger partial charge >= 0.3 is 5.97 Å².